The Morgan fingerprint density at radius 1 is 1.23 bits per heavy atom. The summed E-state index contributed by atoms with van der Waals surface area (Å²) < 4.78 is 10.1. The molecule has 1 heterocycles. The molecule has 1 aromatic carbocycles. The van der Waals surface area contributed by atoms with E-state index >= 15 is 0 Å². The highest BCUT2D eigenvalue weighted by atomic mass is 16.6. The maximum atomic E-state index is 11.8. The molecule has 0 spiro atoms. The standard InChI is InChI=1S/C20H28N2O4/c1-3-12-25-16(2)20(24)26-15-19(23)21-13-17-6-8-18(9-7-17)14-22-10-4-5-11-22/h3,6-9,16H,1,4-5,10-15H2,2H3,(H,21,23). The van der Waals surface area contributed by atoms with Gasteiger partial charge in [0, 0.05) is 13.1 Å². The molecule has 0 aromatic heterocycles. The molecular formula is C20H28N2O4. The van der Waals surface area contributed by atoms with Crippen LogP contribution in [-0.2, 0) is 32.2 Å². The first-order valence-corrected chi connectivity index (χ1v) is 9.04. The van der Waals surface area contributed by atoms with E-state index in [1.54, 1.807) is 13.0 Å². The minimum atomic E-state index is -0.719. The van der Waals surface area contributed by atoms with E-state index in [0.717, 1.165) is 12.1 Å². The number of ether oxygens (including phenoxy) is 2. The van der Waals surface area contributed by atoms with E-state index in [2.05, 4.69) is 28.9 Å². The quantitative estimate of drug-likeness (QED) is 0.511. The number of rotatable bonds is 10. The van der Waals surface area contributed by atoms with E-state index < -0.39 is 12.1 Å². The summed E-state index contributed by atoms with van der Waals surface area (Å²) in [5, 5.41) is 2.75. The molecule has 6 heteroatoms. The third kappa shape index (κ3) is 6.98. The molecule has 142 valence electrons. The van der Waals surface area contributed by atoms with E-state index in [9.17, 15) is 9.59 Å². The molecule has 1 aromatic rings. The zero-order valence-corrected chi connectivity index (χ0v) is 15.4. The van der Waals surface area contributed by atoms with Gasteiger partial charge in [0.25, 0.3) is 5.91 Å². The molecule has 1 unspecified atom stereocenters. The van der Waals surface area contributed by atoms with Crippen LogP contribution in [0.4, 0.5) is 0 Å². The largest absolute Gasteiger partial charge is 0.454 e. The lowest BCUT2D eigenvalue weighted by Crippen LogP contribution is -2.31. The van der Waals surface area contributed by atoms with Gasteiger partial charge < -0.3 is 14.8 Å². The van der Waals surface area contributed by atoms with Gasteiger partial charge in [-0.25, -0.2) is 4.79 Å². The third-order valence-electron chi connectivity index (χ3n) is 4.26. The molecular weight excluding hydrogens is 332 g/mol. The SMILES string of the molecule is C=CCOC(C)C(=O)OCC(=O)NCc1ccc(CN2CCCC2)cc1. The van der Waals surface area contributed by atoms with Crippen molar-refractivity contribution in [3.05, 3.63) is 48.0 Å². The van der Waals surface area contributed by atoms with Crippen LogP contribution in [0.15, 0.2) is 36.9 Å². The second-order valence-electron chi connectivity index (χ2n) is 6.45. The summed E-state index contributed by atoms with van der Waals surface area (Å²) in [7, 11) is 0. The summed E-state index contributed by atoms with van der Waals surface area (Å²) in [6.45, 7) is 8.77. The van der Waals surface area contributed by atoms with Gasteiger partial charge in [-0.1, -0.05) is 30.3 Å². The topological polar surface area (TPSA) is 67.9 Å². The summed E-state index contributed by atoms with van der Waals surface area (Å²) in [4.78, 5) is 25.9. The lowest BCUT2D eigenvalue weighted by molar-refractivity contribution is -0.158. The van der Waals surface area contributed by atoms with Crippen LogP contribution in [0, 0.1) is 0 Å². The van der Waals surface area contributed by atoms with Crippen LogP contribution in [0.2, 0.25) is 0 Å². The molecule has 26 heavy (non-hydrogen) atoms. The highest BCUT2D eigenvalue weighted by molar-refractivity contribution is 5.81. The van der Waals surface area contributed by atoms with Gasteiger partial charge in [0.15, 0.2) is 12.7 Å². The summed E-state index contributed by atoms with van der Waals surface area (Å²) in [6.07, 6.45) is 3.40. The normalized spacial score (nSPS) is 15.4. The number of nitrogens with one attached hydrogen (secondary N) is 1. The Morgan fingerprint density at radius 2 is 1.88 bits per heavy atom. The maximum Gasteiger partial charge on any atom is 0.335 e. The van der Waals surface area contributed by atoms with E-state index in [4.69, 9.17) is 9.47 Å². The second kappa shape index (κ2) is 10.7. The fraction of sp³-hybridized carbons (Fsp3) is 0.500. The first kappa shape index (κ1) is 20.1. The molecule has 1 fully saturated rings. The number of hydrogen-bond acceptors (Lipinski definition) is 5. The van der Waals surface area contributed by atoms with Crippen LogP contribution in [0.3, 0.4) is 0 Å². The van der Waals surface area contributed by atoms with Gasteiger partial charge in [-0.05, 0) is 44.0 Å². The summed E-state index contributed by atoms with van der Waals surface area (Å²) >= 11 is 0. The Bertz CT molecular complexity index is 594. The molecule has 0 saturated carbocycles. The van der Waals surface area contributed by atoms with Crippen molar-refractivity contribution in [2.75, 3.05) is 26.3 Å². The Hall–Kier alpha value is -2.18. The molecule has 2 rings (SSSR count). The smallest absolute Gasteiger partial charge is 0.335 e. The third-order valence-corrected chi connectivity index (χ3v) is 4.26. The van der Waals surface area contributed by atoms with Gasteiger partial charge in [-0.2, -0.15) is 0 Å². The van der Waals surface area contributed by atoms with Gasteiger partial charge in [0.05, 0.1) is 6.61 Å². The predicted molar refractivity (Wildman–Crippen MR) is 99.4 cm³/mol. The molecule has 1 amide bonds. The number of nitrogens with zero attached hydrogens (tertiary/aromatic N) is 1. The summed E-state index contributed by atoms with van der Waals surface area (Å²) in [5.41, 5.74) is 2.29. The Kier molecular flexibility index (Phi) is 8.31. The number of carbonyl (C=O) groups excluding carboxylic acids is 2. The van der Waals surface area contributed by atoms with E-state index in [1.807, 2.05) is 12.1 Å². The van der Waals surface area contributed by atoms with Crippen LogP contribution < -0.4 is 5.32 Å². The number of likely N-dealkylation sites (tertiary alicyclic amines) is 1. The fourth-order valence-corrected chi connectivity index (χ4v) is 2.75. The van der Waals surface area contributed by atoms with E-state index in [1.165, 1.54) is 31.5 Å². The zero-order valence-electron chi connectivity index (χ0n) is 15.4. The number of esters is 1. The van der Waals surface area contributed by atoms with Crippen molar-refractivity contribution in [3.8, 4) is 0 Å². The number of carbonyl (C=O) groups is 2. The zero-order chi connectivity index (χ0) is 18.8. The fourth-order valence-electron chi connectivity index (χ4n) is 2.75. The Balaban J connectivity index is 1.66. The number of hydrogen-bond donors (Lipinski definition) is 1. The Morgan fingerprint density at radius 3 is 2.54 bits per heavy atom. The number of benzene rings is 1. The lowest BCUT2D eigenvalue weighted by atomic mass is 10.1. The van der Waals surface area contributed by atoms with Crippen LogP contribution in [0.25, 0.3) is 0 Å². The molecule has 1 N–H and O–H groups in total. The molecule has 0 bridgehead atoms. The summed E-state index contributed by atoms with van der Waals surface area (Å²) in [6, 6.07) is 8.22. The van der Waals surface area contributed by atoms with E-state index in [0.29, 0.717) is 6.54 Å². The van der Waals surface area contributed by atoms with Crippen LogP contribution in [0.1, 0.15) is 30.9 Å². The van der Waals surface area contributed by atoms with Gasteiger partial charge in [-0.3, -0.25) is 9.69 Å². The minimum Gasteiger partial charge on any atom is -0.454 e. The van der Waals surface area contributed by atoms with Crippen molar-refractivity contribution in [1.29, 1.82) is 0 Å². The molecule has 1 aliphatic rings. The average molecular weight is 360 g/mol. The Labute approximate surface area is 155 Å². The van der Waals surface area contributed by atoms with Crippen molar-refractivity contribution in [1.82, 2.24) is 10.2 Å². The average Bonchev–Trinajstić information content (AvgIpc) is 3.16. The highest BCUT2D eigenvalue weighted by Gasteiger charge is 2.16. The van der Waals surface area contributed by atoms with Crippen molar-refractivity contribution >= 4 is 11.9 Å². The minimum absolute atomic E-state index is 0.260. The molecule has 0 radical (unpaired) electrons. The predicted octanol–water partition coefficient (Wildman–Crippen LogP) is 2.03. The number of amides is 1. The van der Waals surface area contributed by atoms with Crippen LogP contribution >= 0.6 is 0 Å². The first-order chi connectivity index (χ1) is 12.6. The van der Waals surface area contributed by atoms with Crippen LogP contribution in [-0.4, -0.2) is 49.2 Å². The van der Waals surface area contributed by atoms with Crippen molar-refractivity contribution < 1.29 is 19.1 Å². The lowest BCUT2D eigenvalue weighted by Gasteiger charge is -2.15. The molecule has 6 nitrogen and oxygen atoms in total. The van der Waals surface area contributed by atoms with Crippen LogP contribution in [0.5, 0.6) is 0 Å². The highest BCUT2D eigenvalue weighted by Crippen LogP contribution is 2.13. The second-order valence-corrected chi connectivity index (χ2v) is 6.45. The molecule has 1 atom stereocenters. The molecule has 0 aliphatic carbocycles. The van der Waals surface area contributed by atoms with Gasteiger partial charge in [-0.15, -0.1) is 6.58 Å². The summed E-state index contributed by atoms with van der Waals surface area (Å²) in [5.74, 6) is -0.899. The maximum absolute atomic E-state index is 11.8. The van der Waals surface area contributed by atoms with Gasteiger partial charge in [0.2, 0.25) is 0 Å². The van der Waals surface area contributed by atoms with Crippen molar-refractivity contribution in [2.45, 2.75) is 39.0 Å². The monoisotopic (exact) mass is 360 g/mol. The van der Waals surface area contributed by atoms with Gasteiger partial charge in [0.1, 0.15) is 0 Å². The van der Waals surface area contributed by atoms with E-state index in [-0.39, 0.29) is 19.1 Å². The molecule has 1 saturated heterocycles. The molecule has 1 aliphatic heterocycles. The first-order valence-electron chi connectivity index (χ1n) is 9.04. The van der Waals surface area contributed by atoms with Crippen molar-refractivity contribution in [3.63, 3.8) is 0 Å². The van der Waals surface area contributed by atoms with Crippen molar-refractivity contribution in [2.24, 2.45) is 0 Å². The van der Waals surface area contributed by atoms with Gasteiger partial charge >= 0.3 is 5.97 Å².